The predicted octanol–water partition coefficient (Wildman–Crippen LogP) is 5.72. The van der Waals surface area contributed by atoms with Crippen molar-refractivity contribution in [3.05, 3.63) is 27.4 Å². The van der Waals surface area contributed by atoms with Crippen LogP contribution in [-0.2, 0) is 0 Å². The Bertz CT molecular complexity index is 502. The molecule has 0 bridgehead atoms. The highest BCUT2D eigenvalue weighted by molar-refractivity contribution is 9.10. The van der Waals surface area contributed by atoms with Gasteiger partial charge in [-0.05, 0) is 41.3 Å². The van der Waals surface area contributed by atoms with Crippen molar-refractivity contribution < 1.29 is 9.13 Å². The Morgan fingerprint density at radius 1 is 1.32 bits per heavy atom. The van der Waals surface area contributed by atoms with E-state index >= 15 is 0 Å². The van der Waals surface area contributed by atoms with E-state index in [0.29, 0.717) is 15.0 Å². The summed E-state index contributed by atoms with van der Waals surface area (Å²) in [7, 11) is 0. The first-order valence-corrected chi connectivity index (χ1v) is 8.57. The van der Waals surface area contributed by atoms with Crippen LogP contribution in [0.1, 0.15) is 32.1 Å². The standard InChI is InChI=1S/C14H14Br2ClFO/c15-8-5-9(17)10(18)6-11(8)19-13-7-12(16)14(13)3-1-2-4-14/h5-6,12-13H,1-4,7H2. The molecule has 0 heterocycles. The van der Waals surface area contributed by atoms with E-state index in [1.165, 1.54) is 31.7 Å². The molecule has 104 valence electrons. The van der Waals surface area contributed by atoms with Gasteiger partial charge in [0, 0.05) is 16.3 Å². The van der Waals surface area contributed by atoms with Crippen molar-refractivity contribution in [3.63, 3.8) is 0 Å². The molecular weight excluding hydrogens is 398 g/mol. The highest BCUT2D eigenvalue weighted by Crippen LogP contribution is 2.58. The van der Waals surface area contributed by atoms with Gasteiger partial charge in [0.2, 0.25) is 0 Å². The van der Waals surface area contributed by atoms with Crippen LogP contribution < -0.4 is 4.74 Å². The van der Waals surface area contributed by atoms with Gasteiger partial charge in [-0.1, -0.05) is 40.4 Å². The van der Waals surface area contributed by atoms with Crippen molar-refractivity contribution in [1.82, 2.24) is 0 Å². The number of hydrogen-bond donors (Lipinski definition) is 0. The largest absolute Gasteiger partial charge is 0.488 e. The normalized spacial score (nSPS) is 28.4. The molecule has 5 heteroatoms. The van der Waals surface area contributed by atoms with Gasteiger partial charge in [-0.15, -0.1) is 0 Å². The molecule has 2 unspecified atom stereocenters. The van der Waals surface area contributed by atoms with Crippen LogP contribution in [0.3, 0.4) is 0 Å². The number of halogens is 4. The Balaban J connectivity index is 1.81. The molecule has 1 nitrogen and oxygen atoms in total. The van der Waals surface area contributed by atoms with Gasteiger partial charge in [0.1, 0.15) is 17.7 Å². The first-order valence-electron chi connectivity index (χ1n) is 6.48. The average Bonchev–Trinajstić information content (AvgIpc) is 2.87. The molecule has 0 saturated heterocycles. The van der Waals surface area contributed by atoms with E-state index in [1.807, 2.05) is 0 Å². The van der Waals surface area contributed by atoms with E-state index in [9.17, 15) is 4.39 Å². The zero-order chi connectivity index (χ0) is 13.6. The van der Waals surface area contributed by atoms with Crippen molar-refractivity contribution in [3.8, 4) is 5.75 Å². The van der Waals surface area contributed by atoms with Crippen molar-refractivity contribution in [1.29, 1.82) is 0 Å². The van der Waals surface area contributed by atoms with Gasteiger partial charge in [-0.2, -0.15) is 0 Å². The minimum Gasteiger partial charge on any atom is -0.488 e. The lowest BCUT2D eigenvalue weighted by Crippen LogP contribution is -2.55. The van der Waals surface area contributed by atoms with Gasteiger partial charge in [-0.25, -0.2) is 4.39 Å². The van der Waals surface area contributed by atoms with Crippen LogP contribution in [0.15, 0.2) is 16.6 Å². The van der Waals surface area contributed by atoms with E-state index in [4.69, 9.17) is 16.3 Å². The molecule has 19 heavy (non-hydrogen) atoms. The predicted molar refractivity (Wildman–Crippen MR) is 81.8 cm³/mol. The van der Waals surface area contributed by atoms with Gasteiger partial charge < -0.3 is 4.74 Å². The minimum absolute atomic E-state index is 0.113. The lowest BCUT2D eigenvalue weighted by Gasteiger charge is -2.51. The second-order valence-corrected chi connectivity index (χ2v) is 7.81. The average molecular weight is 413 g/mol. The lowest BCUT2D eigenvalue weighted by molar-refractivity contribution is -0.0309. The van der Waals surface area contributed by atoms with Crippen LogP contribution in [0, 0.1) is 11.2 Å². The van der Waals surface area contributed by atoms with Crippen molar-refractivity contribution in [2.75, 3.05) is 0 Å². The Labute approximate surface area is 134 Å². The van der Waals surface area contributed by atoms with Gasteiger partial charge in [0.15, 0.2) is 0 Å². The molecule has 2 aliphatic rings. The molecule has 1 spiro atoms. The maximum Gasteiger partial charge on any atom is 0.145 e. The highest BCUT2D eigenvalue weighted by atomic mass is 79.9. The van der Waals surface area contributed by atoms with Crippen LogP contribution >= 0.6 is 43.5 Å². The number of hydrogen-bond acceptors (Lipinski definition) is 1. The molecule has 0 aromatic heterocycles. The van der Waals surface area contributed by atoms with E-state index in [2.05, 4.69) is 31.9 Å². The zero-order valence-electron chi connectivity index (χ0n) is 10.3. The molecule has 3 rings (SSSR count). The van der Waals surface area contributed by atoms with Crippen LogP contribution in [-0.4, -0.2) is 10.9 Å². The second-order valence-electron chi connectivity index (χ2n) is 5.45. The molecular formula is C14H14Br2ClFO. The molecule has 0 amide bonds. The molecule has 2 aliphatic carbocycles. The maximum absolute atomic E-state index is 13.5. The van der Waals surface area contributed by atoms with Crippen LogP contribution in [0.5, 0.6) is 5.75 Å². The van der Waals surface area contributed by atoms with Crippen LogP contribution in [0.4, 0.5) is 4.39 Å². The van der Waals surface area contributed by atoms with Crippen molar-refractivity contribution >= 4 is 43.5 Å². The van der Waals surface area contributed by atoms with Crippen LogP contribution in [0.2, 0.25) is 5.02 Å². The number of alkyl halides is 1. The second kappa shape index (κ2) is 5.19. The molecule has 0 radical (unpaired) electrons. The molecule has 2 fully saturated rings. The van der Waals surface area contributed by atoms with Gasteiger partial charge in [0.25, 0.3) is 0 Å². The fourth-order valence-corrected chi connectivity index (χ4v) is 5.10. The summed E-state index contributed by atoms with van der Waals surface area (Å²) in [5, 5.41) is 0.113. The summed E-state index contributed by atoms with van der Waals surface area (Å²) in [6.45, 7) is 0. The van der Waals surface area contributed by atoms with Crippen LogP contribution in [0.25, 0.3) is 0 Å². The number of benzene rings is 1. The summed E-state index contributed by atoms with van der Waals surface area (Å²) in [6, 6.07) is 2.93. The molecule has 1 aromatic rings. The first kappa shape index (κ1) is 14.2. The van der Waals surface area contributed by atoms with Crippen molar-refractivity contribution in [2.24, 2.45) is 5.41 Å². The number of rotatable bonds is 2. The third-order valence-corrected chi connectivity index (χ3v) is 6.66. The van der Waals surface area contributed by atoms with E-state index in [1.54, 1.807) is 6.07 Å². The third-order valence-electron chi connectivity index (χ3n) is 4.46. The van der Waals surface area contributed by atoms with Gasteiger partial charge in [0.05, 0.1) is 9.50 Å². The smallest absolute Gasteiger partial charge is 0.145 e. The summed E-state index contributed by atoms with van der Waals surface area (Å²) in [5.41, 5.74) is 0.246. The SMILES string of the molecule is Fc1cc(OC2CC(Br)C23CCCC3)c(Br)cc1Cl. The fraction of sp³-hybridized carbons (Fsp3) is 0.571. The molecule has 2 atom stereocenters. The molecule has 1 aromatic carbocycles. The summed E-state index contributed by atoms with van der Waals surface area (Å²) in [6.07, 6.45) is 6.08. The third kappa shape index (κ3) is 2.34. The number of ether oxygens (including phenoxy) is 1. The molecule has 2 saturated carbocycles. The first-order chi connectivity index (χ1) is 9.03. The Kier molecular flexibility index (Phi) is 3.87. The van der Waals surface area contributed by atoms with E-state index in [-0.39, 0.29) is 16.5 Å². The maximum atomic E-state index is 13.5. The van der Waals surface area contributed by atoms with E-state index < -0.39 is 5.82 Å². The van der Waals surface area contributed by atoms with Gasteiger partial charge >= 0.3 is 0 Å². The highest BCUT2D eigenvalue weighted by Gasteiger charge is 2.56. The summed E-state index contributed by atoms with van der Waals surface area (Å²) < 4.78 is 20.3. The Hall–Kier alpha value is 0.200. The summed E-state index contributed by atoms with van der Waals surface area (Å²) in [5.74, 6) is 0.118. The molecule has 0 aliphatic heterocycles. The summed E-state index contributed by atoms with van der Waals surface area (Å²) >= 11 is 12.9. The topological polar surface area (TPSA) is 9.23 Å². The Morgan fingerprint density at radius 2 is 2.00 bits per heavy atom. The summed E-state index contributed by atoms with van der Waals surface area (Å²) in [4.78, 5) is 0.531. The monoisotopic (exact) mass is 410 g/mol. The van der Waals surface area contributed by atoms with E-state index in [0.717, 1.165) is 6.42 Å². The lowest BCUT2D eigenvalue weighted by atomic mass is 9.64. The van der Waals surface area contributed by atoms with Gasteiger partial charge in [-0.3, -0.25) is 0 Å². The zero-order valence-corrected chi connectivity index (χ0v) is 14.2. The minimum atomic E-state index is -0.435. The fourth-order valence-electron chi connectivity index (χ4n) is 3.28. The van der Waals surface area contributed by atoms with Crippen molar-refractivity contribution in [2.45, 2.75) is 43.0 Å². The Morgan fingerprint density at radius 3 is 2.63 bits per heavy atom. The molecule has 0 N–H and O–H groups in total. The quantitative estimate of drug-likeness (QED) is 0.446.